The van der Waals surface area contributed by atoms with Gasteiger partial charge >= 0.3 is 0 Å². The van der Waals surface area contributed by atoms with E-state index in [1.165, 1.54) is 11.3 Å². The third kappa shape index (κ3) is 5.36. The molecule has 0 spiro atoms. The van der Waals surface area contributed by atoms with Crippen LogP contribution in [-0.4, -0.2) is 57.2 Å². The molecule has 2 aromatic carbocycles. The van der Waals surface area contributed by atoms with Crippen LogP contribution >= 0.6 is 22.9 Å². The molecule has 1 amide bonds. The first-order valence-electron chi connectivity index (χ1n) is 9.76. The Morgan fingerprint density at radius 1 is 1.13 bits per heavy atom. The summed E-state index contributed by atoms with van der Waals surface area (Å²) in [7, 11) is 7.12. The molecule has 8 heteroatoms. The third-order valence-corrected chi connectivity index (χ3v) is 6.32. The van der Waals surface area contributed by atoms with Gasteiger partial charge in [-0.05, 0) is 56.4 Å². The van der Waals surface area contributed by atoms with E-state index in [4.69, 9.17) is 26.1 Å². The predicted molar refractivity (Wildman–Crippen MR) is 129 cm³/mol. The number of likely N-dealkylation sites (N-methyl/N-ethyl adjacent to an activating group) is 1. The van der Waals surface area contributed by atoms with Crippen molar-refractivity contribution in [1.82, 2.24) is 9.88 Å². The molecule has 0 atom stereocenters. The van der Waals surface area contributed by atoms with Crippen molar-refractivity contribution in [2.75, 3.05) is 46.3 Å². The highest BCUT2D eigenvalue weighted by Gasteiger charge is 2.20. The number of ether oxygens (including phenoxy) is 2. The molecule has 0 bridgehead atoms. The first-order valence-corrected chi connectivity index (χ1v) is 11.0. The van der Waals surface area contributed by atoms with Gasteiger partial charge in [-0.2, -0.15) is 0 Å². The number of carbonyl (C=O) groups is 1. The number of fused-ring (bicyclic) bond motifs is 1. The Hall–Kier alpha value is -2.61. The summed E-state index contributed by atoms with van der Waals surface area (Å²) in [6, 6.07) is 9.32. The fraction of sp³-hybridized carbons (Fsp3) is 0.304. The highest BCUT2D eigenvalue weighted by Crippen LogP contribution is 2.36. The standard InChI is InChI=1S/C23H26ClN3O3S/c1-15-6-9-17(24)22-21(15)25-23(31-22)27(13-12-26(2)3)20(28)11-8-16-7-10-18(29-4)19(14-16)30-5/h6-11,14H,12-13H2,1-5H3/b11-8+. The summed E-state index contributed by atoms with van der Waals surface area (Å²) in [6.07, 6.45) is 3.32. The van der Waals surface area contributed by atoms with Crippen molar-refractivity contribution in [2.24, 2.45) is 0 Å². The van der Waals surface area contributed by atoms with Crippen LogP contribution in [0.15, 0.2) is 36.4 Å². The zero-order valence-corrected chi connectivity index (χ0v) is 19.9. The molecule has 0 unspecified atom stereocenters. The van der Waals surface area contributed by atoms with Gasteiger partial charge < -0.3 is 14.4 Å². The molecule has 0 N–H and O–H groups in total. The topological polar surface area (TPSA) is 54.9 Å². The van der Waals surface area contributed by atoms with E-state index in [-0.39, 0.29) is 5.91 Å². The maximum Gasteiger partial charge on any atom is 0.252 e. The summed E-state index contributed by atoms with van der Waals surface area (Å²) in [5.41, 5.74) is 2.70. The Morgan fingerprint density at radius 3 is 2.52 bits per heavy atom. The summed E-state index contributed by atoms with van der Waals surface area (Å²) in [5.74, 6) is 1.10. The van der Waals surface area contributed by atoms with Gasteiger partial charge in [-0.3, -0.25) is 9.69 Å². The van der Waals surface area contributed by atoms with Crippen LogP contribution in [0.4, 0.5) is 5.13 Å². The Labute approximate surface area is 191 Å². The second kappa shape index (κ2) is 10.1. The minimum atomic E-state index is -0.149. The first kappa shape index (κ1) is 23.1. The Morgan fingerprint density at radius 2 is 1.87 bits per heavy atom. The summed E-state index contributed by atoms with van der Waals surface area (Å²) in [5, 5.41) is 1.28. The zero-order chi connectivity index (χ0) is 22.5. The van der Waals surface area contributed by atoms with Crippen molar-refractivity contribution < 1.29 is 14.3 Å². The molecule has 0 aliphatic heterocycles. The number of methoxy groups -OCH3 is 2. The van der Waals surface area contributed by atoms with Gasteiger partial charge in [-0.15, -0.1) is 0 Å². The number of benzene rings is 2. The number of aromatic nitrogens is 1. The van der Waals surface area contributed by atoms with E-state index >= 15 is 0 Å². The number of anilines is 1. The van der Waals surface area contributed by atoms with Gasteiger partial charge in [0.05, 0.1) is 29.5 Å². The zero-order valence-electron chi connectivity index (χ0n) is 18.3. The van der Waals surface area contributed by atoms with Crippen LogP contribution in [0.1, 0.15) is 11.1 Å². The number of nitrogens with zero attached hydrogens (tertiary/aromatic N) is 3. The molecule has 0 saturated heterocycles. The van der Waals surface area contributed by atoms with Crippen LogP contribution in [-0.2, 0) is 4.79 Å². The smallest absolute Gasteiger partial charge is 0.252 e. The number of amides is 1. The van der Waals surface area contributed by atoms with E-state index in [2.05, 4.69) is 0 Å². The Kier molecular flexibility index (Phi) is 7.54. The first-order chi connectivity index (χ1) is 14.8. The van der Waals surface area contributed by atoms with Gasteiger partial charge in [-0.25, -0.2) is 4.98 Å². The molecule has 0 fully saturated rings. The van der Waals surface area contributed by atoms with E-state index in [0.717, 1.165) is 21.3 Å². The molecule has 1 aromatic heterocycles. The molecule has 0 radical (unpaired) electrons. The number of hydrogen-bond donors (Lipinski definition) is 0. The minimum Gasteiger partial charge on any atom is -0.493 e. The highest BCUT2D eigenvalue weighted by molar-refractivity contribution is 7.23. The fourth-order valence-electron chi connectivity index (χ4n) is 3.02. The largest absolute Gasteiger partial charge is 0.493 e. The van der Waals surface area contributed by atoms with Crippen molar-refractivity contribution in [1.29, 1.82) is 0 Å². The van der Waals surface area contributed by atoms with Crippen LogP contribution in [0.5, 0.6) is 11.5 Å². The molecule has 31 heavy (non-hydrogen) atoms. The van der Waals surface area contributed by atoms with Crippen LogP contribution in [0.25, 0.3) is 16.3 Å². The lowest BCUT2D eigenvalue weighted by molar-refractivity contribution is -0.114. The van der Waals surface area contributed by atoms with Gasteiger partial charge in [0.25, 0.3) is 5.91 Å². The number of hydrogen-bond acceptors (Lipinski definition) is 6. The second-order valence-electron chi connectivity index (χ2n) is 7.28. The lowest BCUT2D eigenvalue weighted by Crippen LogP contribution is -2.35. The molecule has 1 heterocycles. The average molecular weight is 460 g/mol. The third-order valence-electron chi connectivity index (χ3n) is 4.78. The lowest BCUT2D eigenvalue weighted by atomic mass is 10.2. The van der Waals surface area contributed by atoms with Gasteiger partial charge in [0.1, 0.15) is 0 Å². The minimum absolute atomic E-state index is 0.149. The molecule has 0 aliphatic rings. The maximum absolute atomic E-state index is 13.2. The molecule has 3 rings (SSSR count). The van der Waals surface area contributed by atoms with Crippen molar-refractivity contribution >= 4 is 50.3 Å². The molecule has 3 aromatic rings. The summed E-state index contributed by atoms with van der Waals surface area (Å²) >= 11 is 7.80. The number of rotatable bonds is 8. The monoisotopic (exact) mass is 459 g/mol. The molecule has 6 nitrogen and oxygen atoms in total. The van der Waals surface area contributed by atoms with E-state index in [1.807, 2.05) is 56.3 Å². The Bertz CT molecular complexity index is 1070. The average Bonchev–Trinajstić information content (AvgIpc) is 3.21. The molecule has 164 valence electrons. The lowest BCUT2D eigenvalue weighted by Gasteiger charge is -2.20. The van der Waals surface area contributed by atoms with E-state index in [1.54, 1.807) is 31.3 Å². The van der Waals surface area contributed by atoms with Crippen LogP contribution in [0, 0.1) is 6.92 Å². The van der Waals surface area contributed by atoms with Gasteiger partial charge in [0.15, 0.2) is 16.6 Å². The van der Waals surface area contributed by atoms with Gasteiger partial charge in [0.2, 0.25) is 0 Å². The van der Waals surface area contributed by atoms with Crippen molar-refractivity contribution in [3.8, 4) is 11.5 Å². The van der Waals surface area contributed by atoms with Gasteiger partial charge in [-0.1, -0.05) is 35.1 Å². The van der Waals surface area contributed by atoms with E-state index in [0.29, 0.717) is 34.7 Å². The van der Waals surface area contributed by atoms with Crippen LogP contribution in [0.3, 0.4) is 0 Å². The second-order valence-corrected chi connectivity index (χ2v) is 8.66. The van der Waals surface area contributed by atoms with E-state index in [9.17, 15) is 4.79 Å². The Balaban J connectivity index is 1.92. The summed E-state index contributed by atoms with van der Waals surface area (Å²) < 4.78 is 11.5. The fourth-order valence-corrected chi connectivity index (χ4v) is 4.37. The van der Waals surface area contributed by atoms with Crippen molar-refractivity contribution in [2.45, 2.75) is 6.92 Å². The van der Waals surface area contributed by atoms with Crippen LogP contribution < -0.4 is 14.4 Å². The number of carbonyl (C=O) groups excluding carboxylic acids is 1. The molecule has 0 saturated carbocycles. The summed E-state index contributed by atoms with van der Waals surface area (Å²) in [6.45, 7) is 3.21. The van der Waals surface area contributed by atoms with E-state index < -0.39 is 0 Å². The van der Waals surface area contributed by atoms with Gasteiger partial charge in [0, 0.05) is 19.2 Å². The molecule has 0 aliphatic carbocycles. The predicted octanol–water partition coefficient (Wildman–Crippen LogP) is 4.88. The van der Waals surface area contributed by atoms with Crippen molar-refractivity contribution in [3.63, 3.8) is 0 Å². The number of aryl methyl sites for hydroxylation is 1. The highest BCUT2D eigenvalue weighted by atomic mass is 35.5. The van der Waals surface area contributed by atoms with Crippen LogP contribution in [0.2, 0.25) is 5.02 Å². The maximum atomic E-state index is 13.2. The quantitative estimate of drug-likeness (QED) is 0.449. The van der Waals surface area contributed by atoms with Crippen molar-refractivity contribution in [3.05, 3.63) is 52.6 Å². The number of thiazole rings is 1. The normalized spacial score (nSPS) is 11.5. The SMILES string of the molecule is COc1ccc(/C=C/C(=O)N(CCN(C)C)c2nc3c(C)ccc(Cl)c3s2)cc1OC. The molecular formula is C23H26ClN3O3S. The molecular weight excluding hydrogens is 434 g/mol. The summed E-state index contributed by atoms with van der Waals surface area (Å²) in [4.78, 5) is 21.6. The number of halogens is 1.